The van der Waals surface area contributed by atoms with E-state index >= 15 is 0 Å². The second-order valence-corrected chi connectivity index (χ2v) is 7.61. The third-order valence-electron chi connectivity index (χ3n) is 2.70. The predicted octanol–water partition coefficient (Wildman–Crippen LogP) is 3.43. The number of benzene rings is 1. The lowest BCUT2D eigenvalue weighted by molar-refractivity contribution is -0.118. The molecule has 1 amide bonds. The summed E-state index contributed by atoms with van der Waals surface area (Å²) in [4.78, 5) is 11.8. The Bertz CT molecular complexity index is 632. The molecule has 1 aromatic heterocycles. The Balaban J connectivity index is 1.66. The van der Waals surface area contributed by atoms with Crippen molar-refractivity contribution in [2.24, 2.45) is 0 Å². The fourth-order valence-corrected chi connectivity index (χ4v) is 3.44. The number of hydrogen-bond donors (Lipinski definition) is 1. The third kappa shape index (κ3) is 6.76. The minimum atomic E-state index is -0.0227. The van der Waals surface area contributed by atoms with Crippen molar-refractivity contribution in [2.45, 2.75) is 30.7 Å². The molecule has 0 aliphatic carbocycles. The topological polar surface area (TPSA) is 64.1 Å². The van der Waals surface area contributed by atoms with Crippen LogP contribution in [0.5, 0.6) is 5.19 Å². The SMILES string of the molecule is CC(C)Oc1nnc(SCC(=O)NCCc2ccc(Cl)cc2)s1. The Morgan fingerprint density at radius 3 is 2.78 bits per heavy atom. The molecule has 8 heteroatoms. The number of hydrogen-bond acceptors (Lipinski definition) is 6. The summed E-state index contributed by atoms with van der Waals surface area (Å²) in [7, 11) is 0. The van der Waals surface area contributed by atoms with Gasteiger partial charge < -0.3 is 10.1 Å². The van der Waals surface area contributed by atoms with E-state index < -0.39 is 0 Å². The summed E-state index contributed by atoms with van der Waals surface area (Å²) < 4.78 is 6.18. The van der Waals surface area contributed by atoms with Crippen molar-refractivity contribution in [1.82, 2.24) is 15.5 Å². The number of ether oxygens (including phenoxy) is 1. The average molecular weight is 372 g/mol. The predicted molar refractivity (Wildman–Crippen MR) is 94.6 cm³/mol. The van der Waals surface area contributed by atoms with Crippen LogP contribution in [0.1, 0.15) is 19.4 Å². The van der Waals surface area contributed by atoms with Crippen LogP contribution in [0.2, 0.25) is 5.02 Å². The molecule has 0 bridgehead atoms. The van der Waals surface area contributed by atoms with E-state index in [9.17, 15) is 4.79 Å². The number of nitrogens with one attached hydrogen (secondary N) is 1. The fourth-order valence-electron chi connectivity index (χ4n) is 1.68. The van der Waals surface area contributed by atoms with E-state index in [1.807, 2.05) is 38.1 Å². The van der Waals surface area contributed by atoms with E-state index in [4.69, 9.17) is 16.3 Å². The van der Waals surface area contributed by atoms with Crippen LogP contribution in [-0.2, 0) is 11.2 Å². The van der Waals surface area contributed by atoms with E-state index in [0.29, 0.717) is 22.5 Å². The van der Waals surface area contributed by atoms with Gasteiger partial charge in [0.05, 0.1) is 11.9 Å². The molecule has 1 aromatic carbocycles. The highest BCUT2D eigenvalue weighted by Crippen LogP contribution is 2.27. The third-order valence-corrected chi connectivity index (χ3v) is 4.90. The molecule has 0 saturated heterocycles. The van der Waals surface area contributed by atoms with Crippen LogP contribution in [0.4, 0.5) is 0 Å². The zero-order chi connectivity index (χ0) is 16.7. The smallest absolute Gasteiger partial charge is 0.295 e. The minimum Gasteiger partial charge on any atom is -0.466 e. The van der Waals surface area contributed by atoms with Gasteiger partial charge in [0.25, 0.3) is 5.19 Å². The first-order valence-corrected chi connectivity index (χ1v) is 9.35. The van der Waals surface area contributed by atoms with Crippen molar-refractivity contribution in [2.75, 3.05) is 12.3 Å². The Morgan fingerprint density at radius 1 is 1.35 bits per heavy atom. The molecule has 0 radical (unpaired) electrons. The van der Waals surface area contributed by atoms with Crippen LogP contribution in [0.25, 0.3) is 0 Å². The summed E-state index contributed by atoms with van der Waals surface area (Å²) in [6.07, 6.45) is 0.843. The molecule has 23 heavy (non-hydrogen) atoms. The highest BCUT2D eigenvalue weighted by molar-refractivity contribution is 8.01. The van der Waals surface area contributed by atoms with Crippen LogP contribution in [-0.4, -0.2) is 34.5 Å². The van der Waals surface area contributed by atoms with Crippen molar-refractivity contribution < 1.29 is 9.53 Å². The molecular formula is C15H18ClN3O2S2. The number of carbonyl (C=O) groups excluding carboxylic acids is 1. The Hall–Kier alpha value is -1.31. The summed E-state index contributed by atoms with van der Waals surface area (Å²) in [5.41, 5.74) is 1.14. The second-order valence-electron chi connectivity index (χ2n) is 5.02. The van der Waals surface area contributed by atoms with Crippen molar-refractivity contribution in [3.8, 4) is 5.19 Å². The van der Waals surface area contributed by atoms with Crippen molar-refractivity contribution in [3.05, 3.63) is 34.9 Å². The van der Waals surface area contributed by atoms with Gasteiger partial charge in [-0.15, -0.1) is 5.10 Å². The lowest BCUT2D eigenvalue weighted by Gasteiger charge is -2.04. The van der Waals surface area contributed by atoms with E-state index in [1.165, 1.54) is 23.1 Å². The lowest BCUT2D eigenvalue weighted by atomic mass is 10.1. The molecule has 5 nitrogen and oxygen atoms in total. The van der Waals surface area contributed by atoms with Gasteiger partial charge in [-0.25, -0.2) is 0 Å². The standard InChI is InChI=1S/C15H18ClN3O2S2/c1-10(2)21-14-18-19-15(23-14)22-9-13(20)17-8-7-11-3-5-12(16)6-4-11/h3-6,10H,7-9H2,1-2H3,(H,17,20). The van der Waals surface area contributed by atoms with Crippen molar-refractivity contribution in [1.29, 1.82) is 0 Å². The molecule has 0 aliphatic heterocycles. The van der Waals surface area contributed by atoms with Gasteiger partial charge in [0.1, 0.15) is 0 Å². The number of rotatable bonds is 8. The average Bonchev–Trinajstić information content (AvgIpc) is 2.94. The second kappa shape index (κ2) is 9.10. The first kappa shape index (κ1) is 18.0. The molecule has 0 aliphatic rings. The van der Waals surface area contributed by atoms with E-state index in [0.717, 1.165) is 16.3 Å². The number of thioether (sulfide) groups is 1. The van der Waals surface area contributed by atoms with Crippen LogP contribution in [0, 0.1) is 0 Å². The Morgan fingerprint density at radius 2 is 2.09 bits per heavy atom. The summed E-state index contributed by atoms with van der Waals surface area (Å²) in [6.45, 7) is 4.46. The van der Waals surface area contributed by atoms with Crippen molar-refractivity contribution in [3.63, 3.8) is 0 Å². The highest BCUT2D eigenvalue weighted by atomic mass is 35.5. The number of amides is 1. The van der Waals surface area contributed by atoms with Crippen LogP contribution in [0.3, 0.4) is 0 Å². The maximum atomic E-state index is 11.8. The molecule has 2 aromatic rings. The zero-order valence-electron chi connectivity index (χ0n) is 12.9. The normalized spacial score (nSPS) is 10.8. The Labute approximate surface area is 148 Å². The summed E-state index contributed by atoms with van der Waals surface area (Å²) in [5.74, 6) is 0.294. The summed E-state index contributed by atoms with van der Waals surface area (Å²) in [6, 6.07) is 7.61. The number of halogens is 1. The molecule has 0 atom stereocenters. The molecule has 0 unspecified atom stereocenters. The molecule has 0 spiro atoms. The molecule has 2 rings (SSSR count). The van der Waals surface area contributed by atoms with E-state index in [1.54, 1.807) is 0 Å². The van der Waals surface area contributed by atoms with Crippen LogP contribution in [0.15, 0.2) is 28.6 Å². The number of carbonyl (C=O) groups is 1. The monoisotopic (exact) mass is 371 g/mol. The maximum Gasteiger partial charge on any atom is 0.295 e. The molecule has 1 N–H and O–H groups in total. The van der Waals surface area contributed by atoms with Gasteiger partial charge in [0, 0.05) is 11.6 Å². The quantitative estimate of drug-likeness (QED) is 0.720. The fraction of sp³-hybridized carbons (Fsp3) is 0.400. The zero-order valence-corrected chi connectivity index (χ0v) is 15.3. The van der Waals surface area contributed by atoms with E-state index in [-0.39, 0.29) is 12.0 Å². The van der Waals surface area contributed by atoms with Crippen molar-refractivity contribution >= 4 is 40.6 Å². The molecule has 124 valence electrons. The molecule has 0 fully saturated rings. The minimum absolute atomic E-state index is 0.0227. The van der Waals surface area contributed by atoms with Gasteiger partial charge in [-0.3, -0.25) is 4.79 Å². The highest BCUT2D eigenvalue weighted by Gasteiger charge is 2.09. The lowest BCUT2D eigenvalue weighted by Crippen LogP contribution is -2.27. The number of aromatic nitrogens is 2. The molecule has 0 saturated carbocycles. The number of nitrogens with zero attached hydrogens (tertiary/aromatic N) is 2. The summed E-state index contributed by atoms with van der Waals surface area (Å²) >= 11 is 8.54. The summed E-state index contributed by atoms with van der Waals surface area (Å²) in [5, 5.41) is 12.1. The van der Waals surface area contributed by atoms with Gasteiger partial charge in [0.2, 0.25) is 5.91 Å². The first-order chi connectivity index (χ1) is 11.0. The van der Waals surface area contributed by atoms with Crippen LogP contribution < -0.4 is 10.1 Å². The van der Waals surface area contributed by atoms with Gasteiger partial charge in [-0.05, 0) is 49.3 Å². The van der Waals surface area contributed by atoms with Gasteiger partial charge in [0.15, 0.2) is 4.34 Å². The van der Waals surface area contributed by atoms with Gasteiger partial charge in [-0.1, -0.05) is 40.6 Å². The first-order valence-electron chi connectivity index (χ1n) is 7.17. The largest absolute Gasteiger partial charge is 0.466 e. The maximum absolute atomic E-state index is 11.8. The molecule has 1 heterocycles. The van der Waals surface area contributed by atoms with Crippen LogP contribution >= 0.6 is 34.7 Å². The Kier molecular flexibility index (Phi) is 7.14. The van der Waals surface area contributed by atoms with Gasteiger partial charge >= 0.3 is 0 Å². The van der Waals surface area contributed by atoms with Gasteiger partial charge in [-0.2, -0.15) is 0 Å². The molecular weight excluding hydrogens is 354 g/mol. The van der Waals surface area contributed by atoms with E-state index in [2.05, 4.69) is 15.5 Å².